The van der Waals surface area contributed by atoms with Crippen molar-refractivity contribution in [3.05, 3.63) is 59.9 Å². The van der Waals surface area contributed by atoms with Gasteiger partial charge in [0.1, 0.15) is 11.5 Å². The van der Waals surface area contributed by atoms with E-state index in [1.165, 1.54) is 18.2 Å². The summed E-state index contributed by atoms with van der Waals surface area (Å²) in [6, 6.07) is 13.3. The first-order valence-corrected chi connectivity index (χ1v) is 5.49. The maximum atomic E-state index is 13.2. The fraction of sp³-hybridized carbons (Fsp3) is 0. The molecule has 1 aliphatic heterocycles. The molecule has 4 heteroatoms. The number of nitrogens with zero attached hydrogens (tertiary/aromatic N) is 1. The van der Waals surface area contributed by atoms with E-state index in [1.54, 1.807) is 12.1 Å². The van der Waals surface area contributed by atoms with Gasteiger partial charge in [-0.05, 0) is 30.3 Å². The van der Waals surface area contributed by atoms with Crippen molar-refractivity contribution in [3.63, 3.8) is 0 Å². The highest BCUT2D eigenvalue weighted by Crippen LogP contribution is 2.26. The van der Waals surface area contributed by atoms with Gasteiger partial charge in [0.25, 0.3) is 5.91 Å². The summed E-state index contributed by atoms with van der Waals surface area (Å²) in [4.78, 5) is 16.0. The Bertz CT molecular complexity index is 650. The molecule has 0 radical (unpaired) electrons. The molecule has 0 atom stereocenters. The van der Waals surface area contributed by atoms with Crippen LogP contribution >= 0.6 is 0 Å². The van der Waals surface area contributed by atoms with Crippen LogP contribution in [0.15, 0.2) is 53.5 Å². The van der Waals surface area contributed by atoms with Crippen LogP contribution < -0.4 is 5.32 Å². The van der Waals surface area contributed by atoms with E-state index in [0.29, 0.717) is 16.9 Å². The van der Waals surface area contributed by atoms with Crippen molar-refractivity contribution in [2.45, 2.75) is 0 Å². The average molecular weight is 240 g/mol. The summed E-state index contributed by atoms with van der Waals surface area (Å²) >= 11 is 0. The number of hydrogen-bond acceptors (Lipinski definition) is 2. The first kappa shape index (κ1) is 10.7. The summed E-state index contributed by atoms with van der Waals surface area (Å²) in [5.41, 5.74) is 2.01. The molecule has 1 heterocycles. The fourth-order valence-electron chi connectivity index (χ4n) is 1.87. The number of nitrogens with one attached hydrogen (secondary N) is 1. The minimum atomic E-state index is -0.383. The van der Waals surface area contributed by atoms with Crippen molar-refractivity contribution < 1.29 is 9.18 Å². The predicted octanol–water partition coefficient (Wildman–Crippen LogP) is 2.90. The molecule has 88 valence electrons. The lowest BCUT2D eigenvalue weighted by Gasteiger charge is -1.98. The van der Waals surface area contributed by atoms with E-state index in [2.05, 4.69) is 10.3 Å². The molecule has 0 unspecified atom stereocenters. The Morgan fingerprint density at radius 1 is 1.06 bits per heavy atom. The largest absolute Gasteiger partial charge is 0.320 e. The Morgan fingerprint density at radius 3 is 2.61 bits per heavy atom. The molecule has 0 spiro atoms. The summed E-state index contributed by atoms with van der Waals surface area (Å²) in [7, 11) is 0. The van der Waals surface area contributed by atoms with Gasteiger partial charge < -0.3 is 5.32 Å². The highest BCUT2D eigenvalue weighted by atomic mass is 19.1. The lowest BCUT2D eigenvalue weighted by Crippen LogP contribution is -2.13. The SMILES string of the molecule is O=C1Nc2ccc(F)cc2C1=Nc1ccccc1. The lowest BCUT2D eigenvalue weighted by molar-refractivity contribution is -0.110. The average Bonchev–Trinajstić information content (AvgIpc) is 2.67. The van der Waals surface area contributed by atoms with Crippen molar-refractivity contribution in [2.75, 3.05) is 5.32 Å². The molecule has 2 aromatic carbocycles. The molecule has 1 aliphatic rings. The standard InChI is InChI=1S/C14H9FN2O/c15-9-6-7-12-11(8-9)13(14(18)17-12)16-10-4-2-1-3-5-10/h1-8H,(H,16,17,18). The number of halogens is 1. The molecule has 1 N–H and O–H groups in total. The van der Waals surface area contributed by atoms with Gasteiger partial charge in [-0.15, -0.1) is 0 Å². The number of para-hydroxylation sites is 1. The molecule has 3 nitrogen and oxygen atoms in total. The fourth-order valence-corrected chi connectivity index (χ4v) is 1.87. The Morgan fingerprint density at radius 2 is 1.83 bits per heavy atom. The Balaban J connectivity index is 2.12. The minimum Gasteiger partial charge on any atom is -0.320 e. The molecular formula is C14H9FN2O. The van der Waals surface area contributed by atoms with Gasteiger partial charge >= 0.3 is 0 Å². The van der Waals surface area contributed by atoms with E-state index < -0.39 is 0 Å². The minimum absolute atomic E-state index is 0.246. The number of carbonyl (C=O) groups excluding carboxylic acids is 1. The monoisotopic (exact) mass is 240 g/mol. The highest BCUT2D eigenvalue weighted by molar-refractivity contribution is 6.54. The quantitative estimate of drug-likeness (QED) is 0.818. The Hall–Kier alpha value is -2.49. The van der Waals surface area contributed by atoms with Crippen molar-refractivity contribution in [1.29, 1.82) is 0 Å². The summed E-state index contributed by atoms with van der Waals surface area (Å²) in [6.45, 7) is 0. The van der Waals surface area contributed by atoms with Crippen LogP contribution in [-0.4, -0.2) is 11.6 Å². The van der Waals surface area contributed by atoms with Gasteiger partial charge in [-0.3, -0.25) is 4.79 Å². The van der Waals surface area contributed by atoms with Crippen molar-refractivity contribution in [3.8, 4) is 0 Å². The summed E-state index contributed by atoms with van der Waals surface area (Å²) in [5.74, 6) is -0.689. The molecule has 0 fully saturated rings. The van der Waals surface area contributed by atoms with Crippen LogP contribution in [0.3, 0.4) is 0 Å². The number of fused-ring (bicyclic) bond motifs is 1. The van der Waals surface area contributed by atoms with E-state index >= 15 is 0 Å². The van der Waals surface area contributed by atoms with Crippen LogP contribution in [0, 0.1) is 5.82 Å². The number of aliphatic imine (C=N–C) groups is 1. The maximum absolute atomic E-state index is 13.2. The summed E-state index contributed by atoms with van der Waals surface area (Å²) < 4.78 is 13.2. The van der Waals surface area contributed by atoms with Gasteiger partial charge in [-0.25, -0.2) is 9.38 Å². The van der Waals surface area contributed by atoms with Gasteiger partial charge in [0, 0.05) is 5.56 Å². The van der Waals surface area contributed by atoms with Crippen molar-refractivity contribution >= 4 is 23.0 Å². The van der Waals surface area contributed by atoms with Gasteiger partial charge in [-0.2, -0.15) is 0 Å². The van der Waals surface area contributed by atoms with Gasteiger partial charge in [-0.1, -0.05) is 18.2 Å². The van der Waals surface area contributed by atoms with E-state index in [0.717, 1.165) is 0 Å². The zero-order valence-electron chi connectivity index (χ0n) is 9.35. The van der Waals surface area contributed by atoms with E-state index in [1.807, 2.05) is 18.2 Å². The highest BCUT2D eigenvalue weighted by Gasteiger charge is 2.26. The molecule has 2 aromatic rings. The number of rotatable bonds is 1. The number of hydrogen-bond donors (Lipinski definition) is 1. The van der Waals surface area contributed by atoms with Crippen molar-refractivity contribution in [2.24, 2.45) is 4.99 Å². The molecule has 3 rings (SSSR count). The number of benzene rings is 2. The lowest BCUT2D eigenvalue weighted by atomic mass is 10.1. The van der Waals surface area contributed by atoms with Crippen LogP contribution in [0.2, 0.25) is 0 Å². The first-order valence-electron chi connectivity index (χ1n) is 5.49. The van der Waals surface area contributed by atoms with E-state index in [9.17, 15) is 9.18 Å². The molecule has 0 aliphatic carbocycles. The van der Waals surface area contributed by atoms with Crippen LogP contribution in [-0.2, 0) is 4.79 Å². The second-order valence-corrected chi connectivity index (χ2v) is 3.94. The second-order valence-electron chi connectivity index (χ2n) is 3.94. The molecule has 0 aromatic heterocycles. The van der Waals surface area contributed by atoms with Crippen LogP contribution in [0.5, 0.6) is 0 Å². The van der Waals surface area contributed by atoms with Gasteiger partial charge in [0.15, 0.2) is 0 Å². The maximum Gasteiger partial charge on any atom is 0.275 e. The summed E-state index contributed by atoms with van der Waals surface area (Å²) in [5, 5.41) is 2.66. The number of anilines is 1. The van der Waals surface area contributed by atoms with Gasteiger partial charge in [0.05, 0.1) is 11.4 Å². The number of carbonyl (C=O) groups is 1. The smallest absolute Gasteiger partial charge is 0.275 e. The van der Waals surface area contributed by atoms with Crippen LogP contribution in [0.1, 0.15) is 5.56 Å². The third kappa shape index (κ3) is 1.78. The molecule has 1 amide bonds. The summed E-state index contributed by atoms with van der Waals surface area (Å²) in [6.07, 6.45) is 0. The van der Waals surface area contributed by atoms with Crippen LogP contribution in [0.25, 0.3) is 0 Å². The third-order valence-corrected chi connectivity index (χ3v) is 2.70. The topological polar surface area (TPSA) is 41.5 Å². The Kier molecular flexibility index (Phi) is 2.41. The zero-order valence-corrected chi connectivity index (χ0v) is 9.35. The van der Waals surface area contributed by atoms with E-state index in [4.69, 9.17) is 0 Å². The Labute approximate surface area is 103 Å². The van der Waals surface area contributed by atoms with Crippen molar-refractivity contribution in [1.82, 2.24) is 0 Å². The molecule has 0 bridgehead atoms. The predicted molar refractivity (Wildman–Crippen MR) is 67.7 cm³/mol. The third-order valence-electron chi connectivity index (χ3n) is 2.70. The molecular weight excluding hydrogens is 231 g/mol. The normalized spacial score (nSPS) is 15.6. The molecule has 0 saturated carbocycles. The van der Waals surface area contributed by atoms with Gasteiger partial charge in [0.2, 0.25) is 0 Å². The number of amides is 1. The van der Waals surface area contributed by atoms with Crippen LogP contribution in [0.4, 0.5) is 15.8 Å². The molecule has 18 heavy (non-hydrogen) atoms. The van der Waals surface area contributed by atoms with E-state index in [-0.39, 0.29) is 17.4 Å². The molecule has 0 saturated heterocycles. The zero-order chi connectivity index (χ0) is 12.5. The first-order chi connectivity index (χ1) is 8.74. The second kappa shape index (κ2) is 4.07.